The molecule has 7 heteroatoms. The molecule has 0 radical (unpaired) electrons. The molecule has 3 heterocycles. The molecule has 1 aromatic rings. The van der Waals surface area contributed by atoms with E-state index in [-0.39, 0.29) is 0 Å². The third kappa shape index (κ3) is 5.67. The maximum Gasteiger partial charge on any atom is 0.191 e. The fourth-order valence-electron chi connectivity index (χ4n) is 3.70. The molecule has 2 N–H and O–H groups in total. The summed E-state index contributed by atoms with van der Waals surface area (Å²) in [6, 6.07) is 4.75. The van der Waals surface area contributed by atoms with E-state index >= 15 is 0 Å². The van der Waals surface area contributed by atoms with Crippen LogP contribution in [0.3, 0.4) is 0 Å². The van der Waals surface area contributed by atoms with E-state index in [0.717, 1.165) is 51.3 Å². The minimum absolute atomic E-state index is 0.376. The average Bonchev–Trinajstić information content (AvgIpc) is 3.21. The van der Waals surface area contributed by atoms with Crippen LogP contribution >= 0.6 is 11.3 Å². The topological polar surface area (TPSA) is 52.1 Å². The number of ether oxygens (including phenoxy) is 1. The molecule has 0 spiro atoms. The Labute approximate surface area is 161 Å². The number of nitrogens with zero attached hydrogens (tertiary/aromatic N) is 3. The summed E-state index contributed by atoms with van der Waals surface area (Å²) in [5, 5.41) is 9.26. The number of morpholine rings is 1. The Morgan fingerprint density at radius 2 is 2.04 bits per heavy atom. The van der Waals surface area contributed by atoms with Gasteiger partial charge >= 0.3 is 0 Å². The van der Waals surface area contributed by atoms with Crippen molar-refractivity contribution < 1.29 is 4.74 Å². The van der Waals surface area contributed by atoms with Crippen LogP contribution in [0.5, 0.6) is 0 Å². The number of piperidine rings is 1. The highest BCUT2D eigenvalue weighted by molar-refractivity contribution is 7.10. The van der Waals surface area contributed by atoms with E-state index < -0.39 is 0 Å². The predicted octanol–water partition coefficient (Wildman–Crippen LogP) is 1.63. The third-order valence-electron chi connectivity index (χ3n) is 5.44. The lowest BCUT2D eigenvalue weighted by Crippen LogP contribution is -2.47. The molecule has 26 heavy (non-hydrogen) atoms. The van der Waals surface area contributed by atoms with Crippen molar-refractivity contribution in [2.75, 3.05) is 66.6 Å². The van der Waals surface area contributed by atoms with Gasteiger partial charge in [-0.15, -0.1) is 11.3 Å². The number of guanidine groups is 1. The van der Waals surface area contributed by atoms with Gasteiger partial charge in [-0.05, 0) is 50.3 Å². The molecule has 3 rings (SSSR count). The number of hydrogen-bond acceptors (Lipinski definition) is 5. The molecule has 2 aliphatic heterocycles. The van der Waals surface area contributed by atoms with Gasteiger partial charge in [0.1, 0.15) is 0 Å². The van der Waals surface area contributed by atoms with Crippen molar-refractivity contribution in [3.05, 3.63) is 22.4 Å². The number of likely N-dealkylation sites (tertiary alicyclic amines) is 1. The molecule has 1 atom stereocenters. The molecule has 1 aromatic heterocycles. The van der Waals surface area contributed by atoms with E-state index in [4.69, 9.17) is 4.74 Å². The molecule has 0 aromatic carbocycles. The van der Waals surface area contributed by atoms with Gasteiger partial charge < -0.3 is 20.3 Å². The van der Waals surface area contributed by atoms with E-state index in [1.54, 1.807) is 0 Å². The largest absolute Gasteiger partial charge is 0.379 e. The zero-order chi connectivity index (χ0) is 18.2. The molecule has 0 saturated carbocycles. The summed E-state index contributed by atoms with van der Waals surface area (Å²) in [5.74, 6) is 1.66. The van der Waals surface area contributed by atoms with Crippen molar-refractivity contribution in [1.82, 2.24) is 20.4 Å². The first-order valence-corrected chi connectivity index (χ1v) is 10.6. The lowest BCUT2D eigenvalue weighted by atomic mass is 9.97. The van der Waals surface area contributed by atoms with Gasteiger partial charge in [-0.25, -0.2) is 0 Å². The maximum atomic E-state index is 5.53. The van der Waals surface area contributed by atoms with E-state index in [2.05, 4.69) is 50.0 Å². The molecule has 1 unspecified atom stereocenters. The Kier molecular flexibility index (Phi) is 7.73. The second-order valence-corrected chi connectivity index (χ2v) is 8.24. The van der Waals surface area contributed by atoms with Crippen LogP contribution in [0.15, 0.2) is 22.5 Å². The Balaban J connectivity index is 1.50. The molecule has 2 fully saturated rings. The summed E-state index contributed by atoms with van der Waals surface area (Å²) in [5.41, 5.74) is 0. The number of aliphatic imine (C=N–C) groups is 1. The summed E-state index contributed by atoms with van der Waals surface area (Å²) < 4.78 is 5.53. The number of thiophene rings is 1. The average molecular weight is 380 g/mol. The molecule has 2 aliphatic rings. The highest BCUT2D eigenvalue weighted by Gasteiger charge is 2.24. The maximum absolute atomic E-state index is 5.53. The summed E-state index contributed by atoms with van der Waals surface area (Å²) in [7, 11) is 4.07. The van der Waals surface area contributed by atoms with Gasteiger partial charge in [0.15, 0.2) is 5.96 Å². The van der Waals surface area contributed by atoms with Gasteiger partial charge in [-0.3, -0.25) is 9.89 Å². The van der Waals surface area contributed by atoms with Gasteiger partial charge in [0.2, 0.25) is 0 Å². The second-order valence-electron chi connectivity index (χ2n) is 7.26. The predicted molar refractivity (Wildman–Crippen MR) is 109 cm³/mol. The van der Waals surface area contributed by atoms with Crippen molar-refractivity contribution >= 4 is 17.3 Å². The van der Waals surface area contributed by atoms with Crippen molar-refractivity contribution in [1.29, 1.82) is 0 Å². The lowest BCUT2D eigenvalue weighted by molar-refractivity contribution is 0.0177. The Morgan fingerprint density at radius 3 is 2.69 bits per heavy atom. The van der Waals surface area contributed by atoms with E-state index in [0.29, 0.717) is 6.04 Å². The summed E-state index contributed by atoms with van der Waals surface area (Å²) >= 11 is 1.83. The van der Waals surface area contributed by atoms with Crippen LogP contribution in [-0.2, 0) is 4.74 Å². The van der Waals surface area contributed by atoms with Crippen LogP contribution in [-0.4, -0.2) is 82.3 Å². The Hall–Kier alpha value is -1.15. The first kappa shape index (κ1) is 19.6. The SMILES string of the molecule is CN=C(NCC1CCN(C)CC1)NCC(c1cccs1)N1CCOCC1. The molecule has 0 bridgehead atoms. The van der Waals surface area contributed by atoms with Crippen molar-refractivity contribution in [2.24, 2.45) is 10.9 Å². The van der Waals surface area contributed by atoms with Crippen LogP contribution in [0.1, 0.15) is 23.8 Å². The number of hydrogen-bond donors (Lipinski definition) is 2. The van der Waals surface area contributed by atoms with E-state index in [9.17, 15) is 0 Å². The molecule has 0 aliphatic carbocycles. The van der Waals surface area contributed by atoms with Gasteiger partial charge in [0.25, 0.3) is 0 Å². The van der Waals surface area contributed by atoms with Crippen LogP contribution in [0, 0.1) is 5.92 Å². The van der Waals surface area contributed by atoms with Crippen LogP contribution in [0.4, 0.5) is 0 Å². The zero-order valence-corrected chi connectivity index (χ0v) is 16.9. The second kappa shape index (κ2) is 10.3. The Bertz CT molecular complexity index is 536. The summed E-state index contributed by atoms with van der Waals surface area (Å²) in [4.78, 5) is 10.8. The fourth-order valence-corrected chi connectivity index (χ4v) is 4.56. The first-order valence-electron chi connectivity index (χ1n) is 9.74. The molecular formula is C19H33N5OS. The monoisotopic (exact) mass is 379 g/mol. The fraction of sp³-hybridized carbons (Fsp3) is 0.737. The van der Waals surface area contributed by atoms with Gasteiger partial charge in [-0.1, -0.05) is 6.07 Å². The molecule has 0 amide bonds. The molecule has 6 nitrogen and oxygen atoms in total. The number of nitrogens with one attached hydrogen (secondary N) is 2. The van der Waals surface area contributed by atoms with Gasteiger partial charge in [0.05, 0.1) is 19.3 Å². The minimum Gasteiger partial charge on any atom is -0.379 e. The van der Waals surface area contributed by atoms with E-state index in [1.807, 2.05) is 18.4 Å². The molecular weight excluding hydrogens is 346 g/mol. The standard InChI is InChI=1S/C19H33N5OS/c1-20-19(21-14-16-5-7-23(2)8-6-16)22-15-17(18-4-3-13-26-18)24-9-11-25-12-10-24/h3-4,13,16-17H,5-12,14-15H2,1-2H3,(H2,20,21,22). The number of rotatable bonds is 6. The Morgan fingerprint density at radius 1 is 1.27 bits per heavy atom. The van der Waals surface area contributed by atoms with Crippen LogP contribution in [0.2, 0.25) is 0 Å². The highest BCUT2D eigenvalue weighted by atomic mass is 32.1. The minimum atomic E-state index is 0.376. The zero-order valence-electron chi connectivity index (χ0n) is 16.1. The van der Waals surface area contributed by atoms with Crippen LogP contribution in [0.25, 0.3) is 0 Å². The summed E-state index contributed by atoms with van der Waals surface area (Å²) in [6.07, 6.45) is 2.54. The van der Waals surface area contributed by atoms with Crippen LogP contribution < -0.4 is 10.6 Å². The van der Waals surface area contributed by atoms with Crippen molar-refractivity contribution in [3.63, 3.8) is 0 Å². The van der Waals surface area contributed by atoms with Crippen molar-refractivity contribution in [2.45, 2.75) is 18.9 Å². The molecule has 146 valence electrons. The molecule has 2 saturated heterocycles. The summed E-state index contributed by atoms with van der Waals surface area (Å²) in [6.45, 7) is 7.92. The van der Waals surface area contributed by atoms with Gasteiger partial charge in [-0.2, -0.15) is 0 Å². The normalized spacial score (nSPS) is 22.3. The first-order chi connectivity index (χ1) is 12.8. The third-order valence-corrected chi connectivity index (χ3v) is 6.41. The quantitative estimate of drug-likeness (QED) is 0.581. The highest BCUT2D eigenvalue weighted by Crippen LogP contribution is 2.25. The van der Waals surface area contributed by atoms with Crippen molar-refractivity contribution in [3.8, 4) is 0 Å². The van der Waals surface area contributed by atoms with E-state index in [1.165, 1.54) is 30.8 Å². The van der Waals surface area contributed by atoms with Gasteiger partial charge in [0, 0.05) is 38.1 Å². The lowest BCUT2D eigenvalue weighted by Gasteiger charge is -2.34. The smallest absolute Gasteiger partial charge is 0.191 e.